The van der Waals surface area contributed by atoms with Gasteiger partial charge < -0.3 is 5.32 Å². The van der Waals surface area contributed by atoms with Gasteiger partial charge in [-0.3, -0.25) is 4.40 Å². The van der Waals surface area contributed by atoms with E-state index in [4.69, 9.17) is 0 Å². The summed E-state index contributed by atoms with van der Waals surface area (Å²) in [5.41, 5.74) is 0.924. The molecule has 0 aromatic carbocycles. The van der Waals surface area contributed by atoms with Crippen LogP contribution >= 0.6 is 0 Å². The van der Waals surface area contributed by atoms with Crippen LogP contribution in [-0.2, 0) is 6.42 Å². The smallest absolute Gasteiger partial charge is 0.160 e. The van der Waals surface area contributed by atoms with E-state index in [1.807, 2.05) is 24.4 Å². The van der Waals surface area contributed by atoms with Crippen molar-refractivity contribution in [2.24, 2.45) is 11.8 Å². The van der Waals surface area contributed by atoms with Gasteiger partial charge >= 0.3 is 0 Å². The van der Waals surface area contributed by atoms with Crippen LogP contribution in [0, 0.1) is 11.8 Å². The molecule has 4 nitrogen and oxygen atoms in total. The molecule has 21 heavy (non-hydrogen) atoms. The van der Waals surface area contributed by atoms with Crippen molar-refractivity contribution in [3.63, 3.8) is 0 Å². The van der Waals surface area contributed by atoms with Gasteiger partial charge in [0.1, 0.15) is 5.82 Å². The van der Waals surface area contributed by atoms with E-state index in [0.717, 1.165) is 36.3 Å². The van der Waals surface area contributed by atoms with Crippen molar-refractivity contribution in [1.82, 2.24) is 19.9 Å². The van der Waals surface area contributed by atoms with Crippen LogP contribution in [0.25, 0.3) is 5.65 Å². The molecule has 2 rings (SSSR count). The number of hydrogen-bond donors (Lipinski definition) is 1. The Morgan fingerprint density at radius 2 is 1.76 bits per heavy atom. The SMILES string of the molecule is CC(C)CC(CC(C)C)NCCc1nnc2ccccn12. The van der Waals surface area contributed by atoms with Crippen LogP contribution in [0.3, 0.4) is 0 Å². The van der Waals surface area contributed by atoms with Gasteiger partial charge in [0.05, 0.1) is 0 Å². The van der Waals surface area contributed by atoms with Crippen molar-refractivity contribution in [2.75, 3.05) is 6.54 Å². The van der Waals surface area contributed by atoms with Crippen molar-refractivity contribution in [3.8, 4) is 0 Å². The van der Waals surface area contributed by atoms with E-state index >= 15 is 0 Å². The van der Waals surface area contributed by atoms with Crippen molar-refractivity contribution in [3.05, 3.63) is 30.2 Å². The van der Waals surface area contributed by atoms with Gasteiger partial charge in [-0.05, 0) is 36.8 Å². The minimum Gasteiger partial charge on any atom is -0.314 e. The highest BCUT2D eigenvalue weighted by atomic mass is 15.2. The number of nitrogens with one attached hydrogen (secondary N) is 1. The van der Waals surface area contributed by atoms with Crippen LogP contribution in [0.2, 0.25) is 0 Å². The van der Waals surface area contributed by atoms with Crippen LogP contribution in [0.1, 0.15) is 46.4 Å². The van der Waals surface area contributed by atoms with E-state index in [1.165, 1.54) is 12.8 Å². The molecule has 116 valence electrons. The first-order valence-corrected chi connectivity index (χ1v) is 8.08. The maximum Gasteiger partial charge on any atom is 0.160 e. The van der Waals surface area contributed by atoms with Crippen LogP contribution < -0.4 is 5.32 Å². The Morgan fingerprint density at radius 3 is 2.43 bits per heavy atom. The van der Waals surface area contributed by atoms with Crippen LogP contribution in [0.5, 0.6) is 0 Å². The lowest BCUT2D eigenvalue weighted by Gasteiger charge is -2.22. The minimum atomic E-state index is 0.601. The summed E-state index contributed by atoms with van der Waals surface area (Å²) in [6.07, 6.45) is 5.42. The molecule has 4 heteroatoms. The van der Waals surface area contributed by atoms with Crippen molar-refractivity contribution < 1.29 is 0 Å². The molecule has 0 bridgehead atoms. The molecule has 2 heterocycles. The molecule has 0 saturated heterocycles. The van der Waals surface area contributed by atoms with Crippen molar-refractivity contribution in [2.45, 2.75) is 53.0 Å². The van der Waals surface area contributed by atoms with Crippen molar-refractivity contribution >= 4 is 5.65 Å². The minimum absolute atomic E-state index is 0.601. The molecule has 0 amide bonds. The summed E-state index contributed by atoms with van der Waals surface area (Å²) in [5, 5.41) is 12.2. The highest BCUT2D eigenvalue weighted by Gasteiger charge is 2.13. The number of aromatic nitrogens is 3. The first kappa shape index (κ1) is 16.0. The number of fused-ring (bicyclic) bond motifs is 1. The second-order valence-corrected chi connectivity index (χ2v) is 6.71. The van der Waals surface area contributed by atoms with Gasteiger partial charge in [-0.15, -0.1) is 10.2 Å². The highest BCUT2D eigenvalue weighted by Crippen LogP contribution is 2.13. The summed E-state index contributed by atoms with van der Waals surface area (Å²) in [7, 11) is 0. The Balaban J connectivity index is 1.89. The summed E-state index contributed by atoms with van der Waals surface area (Å²) in [6, 6.07) is 6.61. The van der Waals surface area contributed by atoms with E-state index < -0.39 is 0 Å². The Labute approximate surface area is 128 Å². The molecule has 0 fully saturated rings. The zero-order valence-corrected chi connectivity index (χ0v) is 13.7. The first-order chi connectivity index (χ1) is 10.1. The monoisotopic (exact) mass is 288 g/mol. The fraction of sp³-hybridized carbons (Fsp3) is 0.647. The lowest BCUT2D eigenvalue weighted by Crippen LogP contribution is -2.33. The quantitative estimate of drug-likeness (QED) is 0.810. The largest absolute Gasteiger partial charge is 0.314 e. The maximum absolute atomic E-state index is 4.29. The molecule has 2 aromatic rings. The Morgan fingerprint density at radius 1 is 1.05 bits per heavy atom. The van der Waals surface area contributed by atoms with Crippen LogP contribution in [0.15, 0.2) is 24.4 Å². The Hall–Kier alpha value is -1.42. The molecule has 0 aliphatic rings. The molecule has 1 N–H and O–H groups in total. The molecule has 0 saturated carbocycles. The van der Waals surface area contributed by atoms with E-state index in [1.54, 1.807) is 0 Å². The summed E-state index contributed by atoms with van der Waals surface area (Å²) in [6.45, 7) is 10.1. The summed E-state index contributed by atoms with van der Waals surface area (Å²) < 4.78 is 2.07. The maximum atomic E-state index is 4.29. The summed E-state index contributed by atoms with van der Waals surface area (Å²) in [5.74, 6) is 2.50. The third-order valence-corrected chi connectivity index (χ3v) is 3.68. The van der Waals surface area contributed by atoms with Gasteiger partial charge in [-0.1, -0.05) is 33.8 Å². The van der Waals surface area contributed by atoms with E-state index in [0.29, 0.717) is 6.04 Å². The van der Waals surface area contributed by atoms with E-state index in [9.17, 15) is 0 Å². The van der Waals surface area contributed by atoms with Gasteiger partial charge in [0.15, 0.2) is 5.65 Å². The van der Waals surface area contributed by atoms with Crippen LogP contribution in [-0.4, -0.2) is 27.2 Å². The topological polar surface area (TPSA) is 42.2 Å². The second-order valence-electron chi connectivity index (χ2n) is 6.71. The van der Waals surface area contributed by atoms with E-state index in [-0.39, 0.29) is 0 Å². The Kier molecular flexibility index (Phi) is 5.74. The zero-order chi connectivity index (χ0) is 15.2. The molecule has 2 aromatic heterocycles. The highest BCUT2D eigenvalue weighted by molar-refractivity contribution is 5.36. The predicted octanol–water partition coefficient (Wildman–Crippen LogP) is 3.32. The fourth-order valence-electron chi connectivity index (χ4n) is 2.85. The van der Waals surface area contributed by atoms with Gasteiger partial charge in [-0.2, -0.15) is 0 Å². The summed E-state index contributed by atoms with van der Waals surface area (Å²) >= 11 is 0. The third-order valence-electron chi connectivity index (χ3n) is 3.68. The van der Waals surface area contributed by atoms with Crippen LogP contribution in [0.4, 0.5) is 0 Å². The fourth-order valence-corrected chi connectivity index (χ4v) is 2.85. The zero-order valence-electron chi connectivity index (χ0n) is 13.7. The Bertz CT molecular complexity index is 534. The third kappa shape index (κ3) is 4.81. The number of pyridine rings is 1. The second kappa shape index (κ2) is 7.55. The van der Waals surface area contributed by atoms with Gasteiger partial charge in [0, 0.05) is 25.2 Å². The van der Waals surface area contributed by atoms with E-state index in [2.05, 4.69) is 47.6 Å². The number of nitrogens with zero attached hydrogens (tertiary/aromatic N) is 3. The molecule has 0 radical (unpaired) electrons. The molecule has 0 atom stereocenters. The number of hydrogen-bond acceptors (Lipinski definition) is 3. The molecular weight excluding hydrogens is 260 g/mol. The van der Waals surface area contributed by atoms with Crippen molar-refractivity contribution in [1.29, 1.82) is 0 Å². The molecular formula is C17H28N4. The van der Waals surface area contributed by atoms with Gasteiger partial charge in [-0.25, -0.2) is 0 Å². The standard InChI is InChI=1S/C17H28N4/c1-13(2)11-15(12-14(3)4)18-9-8-17-20-19-16-7-5-6-10-21(16)17/h5-7,10,13-15,18H,8-9,11-12H2,1-4H3. The lowest BCUT2D eigenvalue weighted by molar-refractivity contribution is 0.360. The average molecular weight is 288 g/mol. The summed E-state index contributed by atoms with van der Waals surface area (Å²) in [4.78, 5) is 0. The molecule has 0 spiro atoms. The molecule has 0 unspecified atom stereocenters. The van der Waals surface area contributed by atoms with Gasteiger partial charge in [0.25, 0.3) is 0 Å². The number of rotatable bonds is 8. The first-order valence-electron chi connectivity index (χ1n) is 8.08. The molecule has 0 aliphatic carbocycles. The normalized spacial score (nSPS) is 12.1. The molecule has 0 aliphatic heterocycles. The average Bonchev–Trinajstić information content (AvgIpc) is 2.81. The predicted molar refractivity (Wildman–Crippen MR) is 87.4 cm³/mol. The lowest BCUT2D eigenvalue weighted by atomic mass is 9.95. The van der Waals surface area contributed by atoms with Gasteiger partial charge in [0.2, 0.25) is 0 Å².